The number of hydrogen-bond acceptors (Lipinski definition) is 3. The zero-order valence-electron chi connectivity index (χ0n) is 14.7. The minimum Gasteiger partial charge on any atom is -0.488 e. The van der Waals surface area contributed by atoms with Crippen LogP contribution in [0.2, 0.25) is 0 Å². The molecule has 2 aromatic rings. The minimum absolute atomic E-state index is 0. The summed E-state index contributed by atoms with van der Waals surface area (Å²) in [6, 6.07) is 8.39. The summed E-state index contributed by atoms with van der Waals surface area (Å²) in [5.74, 6) is 1.08. The number of aromatic nitrogens is 1. The van der Waals surface area contributed by atoms with Crippen LogP contribution in [0.4, 0.5) is 0 Å². The molecule has 0 saturated heterocycles. The van der Waals surface area contributed by atoms with Crippen molar-refractivity contribution in [2.75, 3.05) is 20.6 Å². The zero-order chi connectivity index (χ0) is 15.5. The van der Waals surface area contributed by atoms with Gasteiger partial charge in [-0.25, -0.2) is 0 Å². The molecule has 0 amide bonds. The second-order valence-corrected chi connectivity index (χ2v) is 6.63. The van der Waals surface area contributed by atoms with E-state index >= 15 is 0 Å². The molecule has 3 rings (SSSR count). The minimum atomic E-state index is 0. The predicted molar refractivity (Wildman–Crippen MR) is 106 cm³/mol. The first-order chi connectivity index (χ1) is 10.6. The largest absolute Gasteiger partial charge is 0.488 e. The van der Waals surface area contributed by atoms with Crippen LogP contribution < -0.4 is 4.74 Å². The number of para-hydroxylation sites is 1. The van der Waals surface area contributed by atoms with Crippen LogP contribution in [-0.2, 0) is 12.8 Å². The van der Waals surface area contributed by atoms with Gasteiger partial charge in [0.05, 0.1) is 5.52 Å². The van der Waals surface area contributed by atoms with Crippen LogP contribution in [-0.4, -0.2) is 36.6 Å². The van der Waals surface area contributed by atoms with Crippen LogP contribution in [0.3, 0.4) is 0 Å². The third-order valence-corrected chi connectivity index (χ3v) is 4.31. The lowest BCUT2D eigenvalue weighted by molar-refractivity contribution is 0.177. The molecule has 1 heterocycles. The monoisotopic (exact) mass is 370 g/mol. The zero-order valence-corrected chi connectivity index (χ0v) is 16.4. The summed E-state index contributed by atoms with van der Waals surface area (Å²) in [6.07, 6.45) is 6.12. The van der Waals surface area contributed by atoms with E-state index in [1.807, 2.05) is 0 Å². The van der Waals surface area contributed by atoms with Crippen molar-refractivity contribution in [2.24, 2.45) is 0 Å². The lowest BCUT2D eigenvalue weighted by atomic mass is 10.0. The Labute approximate surface area is 157 Å². The van der Waals surface area contributed by atoms with E-state index in [9.17, 15) is 0 Å². The van der Waals surface area contributed by atoms with E-state index in [1.54, 1.807) is 0 Å². The number of rotatable bonds is 4. The Balaban J connectivity index is 0.00000144. The number of likely N-dealkylation sites (N-methyl/N-ethyl adjacent to an activating group) is 1. The lowest BCUT2D eigenvalue weighted by Gasteiger charge is -2.22. The van der Waals surface area contributed by atoms with Crippen LogP contribution in [0.5, 0.6) is 5.75 Å². The normalized spacial score (nSPS) is 15.0. The molecule has 24 heavy (non-hydrogen) atoms. The quantitative estimate of drug-likeness (QED) is 0.730. The van der Waals surface area contributed by atoms with Crippen LogP contribution in [0.15, 0.2) is 24.3 Å². The van der Waals surface area contributed by atoms with Crippen LogP contribution in [0, 0.1) is 0 Å². The van der Waals surface area contributed by atoms with E-state index in [1.165, 1.54) is 30.5 Å². The molecule has 3 nitrogen and oxygen atoms in total. The van der Waals surface area contributed by atoms with Crippen molar-refractivity contribution in [1.29, 1.82) is 0 Å². The summed E-state index contributed by atoms with van der Waals surface area (Å²) in [4.78, 5) is 7.09. The Morgan fingerprint density at radius 1 is 1.08 bits per heavy atom. The van der Waals surface area contributed by atoms with E-state index < -0.39 is 0 Å². The second-order valence-electron chi connectivity index (χ2n) is 6.63. The Kier molecular flexibility index (Phi) is 8.28. The van der Waals surface area contributed by atoms with Gasteiger partial charge in [-0.05, 0) is 58.8 Å². The molecule has 1 atom stereocenters. The van der Waals surface area contributed by atoms with Gasteiger partial charge in [0, 0.05) is 23.2 Å². The Morgan fingerprint density at radius 3 is 2.54 bits per heavy atom. The predicted octanol–water partition coefficient (Wildman–Crippen LogP) is 4.68. The van der Waals surface area contributed by atoms with Gasteiger partial charge in [-0.1, -0.05) is 18.6 Å². The molecule has 0 N–H and O–H groups in total. The topological polar surface area (TPSA) is 25.4 Å². The van der Waals surface area contributed by atoms with Gasteiger partial charge in [-0.2, -0.15) is 0 Å². The number of ether oxygens (including phenoxy) is 1. The van der Waals surface area contributed by atoms with Crippen molar-refractivity contribution in [2.45, 2.75) is 45.1 Å². The average molecular weight is 371 g/mol. The van der Waals surface area contributed by atoms with Gasteiger partial charge in [0.1, 0.15) is 11.9 Å². The highest BCUT2D eigenvalue weighted by molar-refractivity contribution is 5.87. The summed E-state index contributed by atoms with van der Waals surface area (Å²) >= 11 is 0. The molecule has 134 valence electrons. The fourth-order valence-corrected chi connectivity index (χ4v) is 3.39. The van der Waals surface area contributed by atoms with Crippen molar-refractivity contribution in [1.82, 2.24) is 9.88 Å². The van der Waals surface area contributed by atoms with Crippen molar-refractivity contribution >= 4 is 35.7 Å². The molecular formula is C19H28Cl2N2O. The number of halogens is 2. The van der Waals surface area contributed by atoms with Gasteiger partial charge in [-0.15, -0.1) is 24.8 Å². The summed E-state index contributed by atoms with van der Waals surface area (Å²) in [7, 11) is 4.18. The highest BCUT2D eigenvalue weighted by Crippen LogP contribution is 2.35. The fourth-order valence-electron chi connectivity index (χ4n) is 3.39. The summed E-state index contributed by atoms with van der Waals surface area (Å²) in [6.45, 7) is 3.07. The summed E-state index contributed by atoms with van der Waals surface area (Å²) in [5.41, 5.74) is 3.67. The Bertz CT molecular complexity index is 661. The number of fused-ring (bicyclic) bond motifs is 2. The average Bonchev–Trinajstić information content (AvgIpc) is 2.71. The molecule has 1 aliphatic carbocycles. The summed E-state index contributed by atoms with van der Waals surface area (Å²) < 4.78 is 6.41. The first-order valence-electron chi connectivity index (χ1n) is 8.37. The molecule has 1 aromatic heterocycles. The highest BCUT2D eigenvalue weighted by atomic mass is 35.5. The molecule has 1 unspecified atom stereocenters. The molecule has 1 aliphatic rings. The standard InChI is InChI=1S/C19H26N2O.2ClH/c1-14(13-21(2)3)22-19-15-9-5-4-6-11-17(15)20-18-12-8-7-10-16(18)19;;/h7-8,10,12,14H,4-6,9,11,13H2,1-3H3;2*1H. The molecule has 0 aliphatic heterocycles. The maximum Gasteiger partial charge on any atom is 0.134 e. The fraction of sp³-hybridized carbons (Fsp3) is 0.526. The van der Waals surface area contributed by atoms with Gasteiger partial charge in [0.25, 0.3) is 0 Å². The molecule has 1 aromatic carbocycles. The summed E-state index contributed by atoms with van der Waals surface area (Å²) in [5, 5.41) is 1.16. The third-order valence-electron chi connectivity index (χ3n) is 4.31. The van der Waals surface area contributed by atoms with Gasteiger partial charge >= 0.3 is 0 Å². The van der Waals surface area contributed by atoms with Crippen molar-refractivity contribution in [3.8, 4) is 5.75 Å². The van der Waals surface area contributed by atoms with E-state index in [2.05, 4.69) is 50.2 Å². The smallest absolute Gasteiger partial charge is 0.134 e. The highest BCUT2D eigenvalue weighted by Gasteiger charge is 2.19. The van der Waals surface area contributed by atoms with Crippen molar-refractivity contribution in [3.63, 3.8) is 0 Å². The molecule has 0 bridgehead atoms. The molecule has 0 saturated carbocycles. The molecule has 5 heteroatoms. The first-order valence-corrected chi connectivity index (χ1v) is 8.37. The number of aryl methyl sites for hydroxylation is 1. The molecular weight excluding hydrogens is 343 g/mol. The number of hydrogen-bond donors (Lipinski definition) is 0. The maximum atomic E-state index is 6.41. The van der Waals surface area contributed by atoms with Gasteiger partial charge in [-0.3, -0.25) is 4.98 Å². The second kappa shape index (κ2) is 9.45. The molecule has 0 spiro atoms. The van der Waals surface area contributed by atoms with Gasteiger partial charge < -0.3 is 9.64 Å². The Morgan fingerprint density at radius 2 is 1.79 bits per heavy atom. The van der Waals surface area contributed by atoms with Gasteiger partial charge in [0.2, 0.25) is 0 Å². The molecule has 0 radical (unpaired) electrons. The molecule has 0 fully saturated rings. The van der Waals surface area contributed by atoms with Gasteiger partial charge in [0.15, 0.2) is 0 Å². The number of pyridine rings is 1. The third kappa shape index (κ3) is 4.75. The SMILES string of the molecule is CC(CN(C)C)Oc1c2c(nc3ccccc13)CCCCC2.Cl.Cl. The lowest BCUT2D eigenvalue weighted by Crippen LogP contribution is -2.28. The van der Waals surface area contributed by atoms with E-state index in [0.717, 1.165) is 36.0 Å². The number of benzene rings is 1. The van der Waals surface area contributed by atoms with E-state index in [-0.39, 0.29) is 30.9 Å². The van der Waals surface area contributed by atoms with Crippen molar-refractivity contribution in [3.05, 3.63) is 35.5 Å². The number of nitrogens with zero attached hydrogens (tertiary/aromatic N) is 2. The van der Waals surface area contributed by atoms with Crippen LogP contribution >= 0.6 is 24.8 Å². The van der Waals surface area contributed by atoms with Crippen LogP contribution in [0.1, 0.15) is 37.4 Å². The van der Waals surface area contributed by atoms with E-state index in [4.69, 9.17) is 9.72 Å². The van der Waals surface area contributed by atoms with E-state index in [0.29, 0.717) is 0 Å². The Hall–Kier alpha value is -1.03. The van der Waals surface area contributed by atoms with Crippen LogP contribution in [0.25, 0.3) is 10.9 Å². The van der Waals surface area contributed by atoms with Crippen molar-refractivity contribution < 1.29 is 4.74 Å². The maximum absolute atomic E-state index is 6.41. The first kappa shape index (κ1) is 21.0.